The predicted molar refractivity (Wildman–Crippen MR) is 116 cm³/mol. The van der Waals surface area contributed by atoms with Crippen molar-refractivity contribution in [3.63, 3.8) is 0 Å². The third-order valence-corrected chi connectivity index (χ3v) is 4.76. The second kappa shape index (κ2) is 7.67. The average Bonchev–Trinajstić information content (AvgIpc) is 2.78. The van der Waals surface area contributed by atoms with E-state index >= 15 is 0 Å². The number of hydrogen-bond donors (Lipinski definition) is 2. The molecule has 2 aromatic carbocycles. The minimum Gasteiger partial charge on any atom is -0.356 e. The molecule has 0 bridgehead atoms. The lowest BCUT2D eigenvalue weighted by Crippen LogP contribution is -2.37. The van der Waals surface area contributed by atoms with Crippen LogP contribution in [0, 0.1) is 0 Å². The van der Waals surface area contributed by atoms with Crippen LogP contribution in [0.1, 0.15) is 10.4 Å². The van der Waals surface area contributed by atoms with Crippen LogP contribution in [0.15, 0.2) is 76.4 Å². The zero-order valence-electron chi connectivity index (χ0n) is 16.4. The van der Waals surface area contributed by atoms with Crippen LogP contribution in [0.5, 0.6) is 0 Å². The fraction of sp³-hybridized carbons (Fsp3) is 0.0909. The number of anilines is 3. The maximum Gasteiger partial charge on any atom is 0.332 e. The van der Waals surface area contributed by atoms with Gasteiger partial charge < -0.3 is 10.6 Å². The minimum atomic E-state index is -0.494. The Kier molecular flexibility index (Phi) is 4.89. The number of carbonyl (C=O) groups excluding carboxylic acids is 1. The first-order valence-electron chi connectivity index (χ1n) is 9.23. The number of benzene rings is 2. The molecule has 4 rings (SSSR count). The highest BCUT2D eigenvalue weighted by atomic mass is 16.2. The minimum absolute atomic E-state index is 0.203. The van der Waals surface area contributed by atoms with E-state index in [1.54, 1.807) is 12.1 Å². The Morgan fingerprint density at radius 1 is 0.867 bits per heavy atom. The summed E-state index contributed by atoms with van der Waals surface area (Å²) in [5.41, 5.74) is 1.95. The van der Waals surface area contributed by atoms with Gasteiger partial charge in [0, 0.05) is 37.4 Å². The van der Waals surface area contributed by atoms with Crippen LogP contribution in [0.2, 0.25) is 0 Å². The molecule has 0 saturated carbocycles. The predicted octanol–water partition coefficient (Wildman–Crippen LogP) is 2.63. The molecule has 1 amide bonds. The van der Waals surface area contributed by atoms with Crippen LogP contribution in [-0.2, 0) is 14.1 Å². The topological polar surface area (TPSA) is 98.0 Å². The van der Waals surface area contributed by atoms with Gasteiger partial charge in [-0.15, -0.1) is 0 Å². The van der Waals surface area contributed by atoms with Gasteiger partial charge in [-0.2, -0.15) is 0 Å². The number of fused-ring (bicyclic) bond motifs is 1. The lowest BCUT2D eigenvalue weighted by atomic mass is 10.2. The molecular weight excluding hydrogens is 382 g/mol. The van der Waals surface area contributed by atoms with Crippen LogP contribution < -0.4 is 21.9 Å². The Hall–Kier alpha value is -4.20. The molecule has 0 radical (unpaired) electrons. The maximum absolute atomic E-state index is 12.6. The van der Waals surface area contributed by atoms with Crippen molar-refractivity contribution in [1.82, 2.24) is 14.1 Å². The normalized spacial score (nSPS) is 10.7. The van der Waals surface area contributed by atoms with E-state index in [9.17, 15) is 14.4 Å². The van der Waals surface area contributed by atoms with Gasteiger partial charge in [0.25, 0.3) is 11.5 Å². The Morgan fingerprint density at radius 2 is 1.50 bits per heavy atom. The van der Waals surface area contributed by atoms with E-state index < -0.39 is 17.2 Å². The molecule has 0 fully saturated rings. The molecule has 0 spiro atoms. The molecule has 0 saturated heterocycles. The summed E-state index contributed by atoms with van der Waals surface area (Å²) in [5.74, 6) is -0.399. The van der Waals surface area contributed by atoms with Crippen LogP contribution >= 0.6 is 0 Å². The highest BCUT2D eigenvalue weighted by Crippen LogP contribution is 2.19. The van der Waals surface area contributed by atoms with Crippen molar-refractivity contribution in [3.8, 4) is 0 Å². The average molecular weight is 401 g/mol. The molecule has 30 heavy (non-hydrogen) atoms. The number of hydrogen-bond acceptors (Lipinski definition) is 5. The summed E-state index contributed by atoms with van der Waals surface area (Å²) in [7, 11) is 2.92. The lowest BCUT2D eigenvalue weighted by molar-refractivity contribution is 0.102. The molecule has 0 unspecified atom stereocenters. The maximum atomic E-state index is 12.6. The molecule has 0 aliphatic carbocycles. The number of carbonyl (C=O) groups is 1. The van der Waals surface area contributed by atoms with Crippen molar-refractivity contribution in [3.05, 3.63) is 93.3 Å². The van der Waals surface area contributed by atoms with Crippen molar-refractivity contribution < 1.29 is 4.79 Å². The molecule has 2 N–H and O–H groups in total. The van der Waals surface area contributed by atoms with E-state index in [0.717, 1.165) is 15.9 Å². The van der Waals surface area contributed by atoms with E-state index in [2.05, 4.69) is 15.6 Å². The first-order chi connectivity index (χ1) is 14.4. The van der Waals surface area contributed by atoms with Crippen LogP contribution in [-0.4, -0.2) is 20.0 Å². The van der Waals surface area contributed by atoms with E-state index in [1.807, 2.05) is 42.5 Å². The summed E-state index contributed by atoms with van der Waals surface area (Å²) >= 11 is 0. The van der Waals surface area contributed by atoms with Crippen LogP contribution in [0.25, 0.3) is 11.0 Å². The van der Waals surface area contributed by atoms with Crippen molar-refractivity contribution in [1.29, 1.82) is 0 Å². The van der Waals surface area contributed by atoms with Gasteiger partial charge >= 0.3 is 5.69 Å². The molecule has 2 heterocycles. The number of pyridine rings is 1. The summed E-state index contributed by atoms with van der Waals surface area (Å²) < 4.78 is 2.26. The SMILES string of the molecule is Cn1c(=O)c2cc(C(=O)Nc3ccc(Nc4ccccc4)cc3)cnc2n(C)c1=O. The number of rotatable bonds is 4. The first kappa shape index (κ1) is 19.1. The smallest absolute Gasteiger partial charge is 0.332 e. The molecule has 8 nitrogen and oxygen atoms in total. The highest BCUT2D eigenvalue weighted by Gasteiger charge is 2.13. The number of nitrogens with one attached hydrogen (secondary N) is 2. The van der Waals surface area contributed by atoms with Gasteiger partial charge in [-0.05, 0) is 42.5 Å². The summed E-state index contributed by atoms with van der Waals surface area (Å²) in [6, 6.07) is 18.5. The van der Waals surface area contributed by atoms with Gasteiger partial charge in [0.1, 0.15) is 5.65 Å². The number of aryl methyl sites for hydroxylation is 1. The monoisotopic (exact) mass is 401 g/mol. The zero-order valence-corrected chi connectivity index (χ0v) is 16.4. The molecule has 0 aliphatic rings. The third-order valence-electron chi connectivity index (χ3n) is 4.76. The molecule has 4 aromatic rings. The van der Waals surface area contributed by atoms with Gasteiger partial charge in [-0.25, -0.2) is 9.78 Å². The van der Waals surface area contributed by atoms with Gasteiger partial charge in [0.2, 0.25) is 0 Å². The van der Waals surface area contributed by atoms with Crippen molar-refractivity contribution in [2.75, 3.05) is 10.6 Å². The van der Waals surface area contributed by atoms with Crippen molar-refractivity contribution >= 4 is 34.0 Å². The quantitative estimate of drug-likeness (QED) is 0.548. The molecule has 0 aliphatic heterocycles. The number of nitrogens with zero attached hydrogens (tertiary/aromatic N) is 3. The highest BCUT2D eigenvalue weighted by molar-refractivity contribution is 6.05. The van der Waals surface area contributed by atoms with Crippen LogP contribution in [0.4, 0.5) is 17.1 Å². The van der Waals surface area contributed by atoms with E-state index in [-0.39, 0.29) is 16.6 Å². The van der Waals surface area contributed by atoms with Crippen LogP contribution in [0.3, 0.4) is 0 Å². The van der Waals surface area contributed by atoms with Gasteiger partial charge in [-0.1, -0.05) is 18.2 Å². The number of aromatic nitrogens is 3. The number of amides is 1. The zero-order chi connectivity index (χ0) is 21.3. The Labute approximate surface area is 171 Å². The summed E-state index contributed by atoms with van der Waals surface area (Å²) in [4.78, 5) is 41.2. The number of para-hydroxylation sites is 1. The molecule has 150 valence electrons. The van der Waals surface area contributed by atoms with Gasteiger partial charge in [0.15, 0.2) is 0 Å². The lowest BCUT2D eigenvalue weighted by Gasteiger charge is -2.10. The van der Waals surface area contributed by atoms with Gasteiger partial charge in [0.05, 0.1) is 10.9 Å². The van der Waals surface area contributed by atoms with Crippen molar-refractivity contribution in [2.45, 2.75) is 0 Å². The van der Waals surface area contributed by atoms with Gasteiger partial charge in [-0.3, -0.25) is 18.7 Å². The summed E-state index contributed by atoms with van der Waals surface area (Å²) in [6.07, 6.45) is 1.35. The second-order valence-electron chi connectivity index (χ2n) is 6.82. The molecule has 8 heteroatoms. The Balaban J connectivity index is 1.56. The molecule has 0 atom stereocenters. The van der Waals surface area contributed by atoms with E-state index in [1.165, 1.54) is 30.9 Å². The van der Waals surface area contributed by atoms with E-state index in [0.29, 0.717) is 5.69 Å². The first-order valence-corrected chi connectivity index (χ1v) is 9.23. The largest absolute Gasteiger partial charge is 0.356 e. The Morgan fingerprint density at radius 3 is 2.20 bits per heavy atom. The fourth-order valence-electron chi connectivity index (χ4n) is 3.12. The molecular formula is C22H19N5O3. The Bertz CT molecular complexity index is 1360. The fourth-order valence-corrected chi connectivity index (χ4v) is 3.12. The molecule has 2 aromatic heterocycles. The van der Waals surface area contributed by atoms with E-state index in [4.69, 9.17) is 0 Å². The third kappa shape index (κ3) is 3.58. The second-order valence-corrected chi connectivity index (χ2v) is 6.82. The summed E-state index contributed by atoms with van der Waals surface area (Å²) in [6.45, 7) is 0. The standard InChI is InChI=1S/C22H19N5O3/c1-26-19-18(21(29)27(2)22(26)30)12-14(13-23-19)20(28)25-17-10-8-16(9-11-17)24-15-6-4-3-5-7-15/h3-13,24H,1-2H3,(H,25,28). The summed E-state index contributed by atoms with van der Waals surface area (Å²) in [5, 5.41) is 6.26. The van der Waals surface area contributed by atoms with Crippen molar-refractivity contribution in [2.24, 2.45) is 14.1 Å².